The maximum atomic E-state index is 14.2. The molecule has 5 rings (SSSR count). The van der Waals surface area contributed by atoms with Gasteiger partial charge in [-0.1, -0.05) is 23.4 Å². The van der Waals surface area contributed by atoms with Gasteiger partial charge in [0.1, 0.15) is 11.5 Å². The van der Waals surface area contributed by atoms with E-state index < -0.39 is 0 Å². The highest BCUT2D eigenvalue weighted by atomic mass is 19.1. The maximum absolute atomic E-state index is 14.2. The summed E-state index contributed by atoms with van der Waals surface area (Å²) in [5.41, 5.74) is 2.93. The lowest BCUT2D eigenvalue weighted by Gasteiger charge is -2.26. The van der Waals surface area contributed by atoms with E-state index in [9.17, 15) is 4.39 Å². The lowest BCUT2D eigenvalue weighted by atomic mass is 10.1. The molecule has 3 aromatic rings. The molecule has 2 aromatic heterocycles. The number of aromatic nitrogens is 4. The monoisotopic (exact) mass is 351 g/mol. The Morgan fingerprint density at radius 2 is 2.00 bits per heavy atom. The van der Waals surface area contributed by atoms with Crippen molar-refractivity contribution in [3.8, 4) is 11.3 Å². The summed E-state index contributed by atoms with van der Waals surface area (Å²) < 4.78 is 22.2. The van der Waals surface area contributed by atoms with E-state index in [0.29, 0.717) is 17.9 Å². The van der Waals surface area contributed by atoms with E-state index in [4.69, 9.17) is 4.74 Å². The van der Waals surface area contributed by atoms with Crippen LogP contribution in [0, 0.1) is 5.82 Å². The number of pyridine rings is 1. The summed E-state index contributed by atoms with van der Waals surface area (Å²) in [6.07, 6.45) is 1.88. The standard InChI is InChI=1S/C19H18FN5O/c20-15-7-2-1-6-14(15)19-17-12-26-18-11-24(9-13-5-3-4-8-21-13)10-16(18)25(17)23-22-19/h1-8,16,18H,9-12H2/t16-,18-/m1/s1. The summed E-state index contributed by atoms with van der Waals surface area (Å²) in [6, 6.07) is 12.7. The Balaban J connectivity index is 1.41. The molecule has 4 heterocycles. The van der Waals surface area contributed by atoms with Crippen LogP contribution in [0.3, 0.4) is 0 Å². The molecule has 2 aliphatic rings. The molecule has 0 N–H and O–H groups in total. The first-order valence-corrected chi connectivity index (χ1v) is 8.72. The molecule has 2 atom stereocenters. The second-order valence-electron chi connectivity index (χ2n) is 6.74. The van der Waals surface area contributed by atoms with Crippen molar-refractivity contribution in [3.63, 3.8) is 0 Å². The van der Waals surface area contributed by atoms with Crippen LogP contribution in [0.4, 0.5) is 4.39 Å². The second-order valence-corrected chi connectivity index (χ2v) is 6.74. The number of hydrogen-bond donors (Lipinski definition) is 0. The zero-order valence-corrected chi connectivity index (χ0v) is 14.1. The van der Waals surface area contributed by atoms with E-state index >= 15 is 0 Å². The summed E-state index contributed by atoms with van der Waals surface area (Å²) in [5.74, 6) is -0.291. The molecule has 2 aliphatic heterocycles. The SMILES string of the molecule is Fc1ccccc1-c1nnn2c1CO[C@@H]1CN(Cc3ccccn3)C[C@H]12. The zero-order valence-electron chi connectivity index (χ0n) is 14.1. The molecule has 1 aromatic carbocycles. The van der Waals surface area contributed by atoms with Gasteiger partial charge in [-0.15, -0.1) is 5.10 Å². The van der Waals surface area contributed by atoms with Gasteiger partial charge in [0, 0.05) is 31.4 Å². The van der Waals surface area contributed by atoms with Gasteiger partial charge in [-0.05, 0) is 24.3 Å². The number of rotatable bonds is 3. The van der Waals surface area contributed by atoms with Gasteiger partial charge in [0.2, 0.25) is 0 Å². The number of likely N-dealkylation sites (tertiary alicyclic amines) is 1. The predicted molar refractivity (Wildman–Crippen MR) is 92.5 cm³/mol. The number of ether oxygens (including phenoxy) is 1. The Kier molecular flexibility index (Phi) is 3.76. The Hall–Kier alpha value is -2.64. The molecule has 7 heteroatoms. The van der Waals surface area contributed by atoms with Crippen molar-refractivity contribution in [2.24, 2.45) is 0 Å². The van der Waals surface area contributed by atoms with E-state index in [-0.39, 0.29) is 18.0 Å². The van der Waals surface area contributed by atoms with E-state index in [1.807, 2.05) is 29.1 Å². The van der Waals surface area contributed by atoms with Crippen LogP contribution in [-0.2, 0) is 17.9 Å². The van der Waals surface area contributed by atoms with Crippen molar-refractivity contribution in [1.82, 2.24) is 24.9 Å². The normalized spacial score (nSPS) is 22.2. The van der Waals surface area contributed by atoms with Crippen molar-refractivity contribution in [1.29, 1.82) is 0 Å². The Morgan fingerprint density at radius 1 is 1.12 bits per heavy atom. The van der Waals surface area contributed by atoms with Gasteiger partial charge < -0.3 is 4.74 Å². The third kappa shape index (κ3) is 2.60. The van der Waals surface area contributed by atoms with Gasteiger partial charge in [0.05, 0.1) is 30.1 Å². The fraction of sp³-hybridized carbons (Fsp3) is 0.316. The van der Waals surface area contributed by atoms with Crippen LogP contribution in [0.2, 0.25) is 0 Å². The van der Waals surface area contributed by atoms with Gasteiger partial charge in [-0.3, -0.25) is 9.88 Å². The van der Waals surface area contributed by atoms with E-state index in [1.54, 1.807) is 18.2 Å². The predicted octanol–water partition coefficient (Wildman–Crippen LogP) is 2.43. The van der Waals surface area contributed by atoms with Crippen molar-refractivity contribution < 1.29 is 9.13 Å². The fourth-order valence-electron chi connectivity index (χ4n) is 3.84. The molecule has 0 unspecified atom stereocenters. The largest absolute Gasteiger partial charge is 0.368 e. The molecule has 0 saturated carbocycles. The van der Waals surface area contributed by atoms with Crippen LogP contribution in [-0.4, -0.2) is 44.1 Å². The van der Waals surface area contributed by atoms with Crippen LogP contribution >= 0.6 is 0 Å². The number of nitrogens with zero attached hydrogens (tertiary/aromatic N) is 5. The minimum absolute atomic E-state index is 0.0707. The summed E-state index contributed by atoms with van der Waals surface area (Å²) in [7, 11) is 0. The summed E-state index contributed by atoms with van der Waals surface area (Å²) in [5, 5.41) is 8.60. The third-order valence-corrected chi connectivity index (χ3v) is 5.09. The zero-order chi connectivity index (χ0) is 17.5. The summed E-state index contributed by atoms with van der Waals surface area (Å²) >= 11 is 0. The van der Waals surface area contributed by atoms with E-state index in [0.717, 1.165) is 31.0 Å². The first kappa shape index (κ1) is 15.6. The van der Waals surface area contributed by atoms with Gasteiger partial charge in [-0.25, -0.2) is 9.07 Å². The molecule has 0 aliphatic carbocycles. The van der Waals surface area contributed by atoms with Gasteiger partial charge in [0.25, 0.3) is 0 Å². The highest BCUT2D eigenvalue weighted by molar-refractivity contribution is 5.62. The molecule has 0 amide bonds. The number of hydrogen-bond acceptors (Lipinski definition) is 5. The van der Waals surface area contributed by atoms with E-state index in [2.05, 4.69) is 20.2 Å². The average molecular weight is 351 g/mol. The molecule has 26 heavy (non-hydrogen) atoms. The Labute approximate surface area is 150 Å². The highest BCUT2D eigenvalue weighted by Gasteiger charge is 2.40. The average Bonchev–Trinajstić information content (AvgIpc) is 3.26. The van der Waals surface area contributed by atoms with Crippen LogP contribution in [0.15, 0.2) is 48.7 Å². The van der Waals surface area contributed by atoms with Crippen molar-refractivity contribution in [3.05, 3.63) is 65.9 Å². The molecule has 132 valence electrons. The van der Waals surface area contributed by atoms with Crippen LogP contribution in [0.25, 0.3) is 11.3 Å². The molecule has 0 spiro atoms. The van der Waals surface area contributed by atoms with Crippen LogP contribution in [0.1, 0.15) is 17.4 Å². The number of fused-ring (bicyclic) bond motifs is 3. The first-order valence-electron chi connectivity index (χ1n) is 8.72. The molecule has 0 radical (unpaired) electrons. The minimum atomic E-state index is -0.291. The first-order chi connectivity index (χ1) is 12.8. The van der Waals surface area contributed by atoms with Gasteiger partial charge in [-0.2, -0.15) is 0 Å². The Morgan fingerprint density at radius 3 is 2.85 bits per heavy atom. The molecule has 0 bridgehead atoms. The highest BCUT2D eigenvalue weighted by Crippen LogP contribution is 2.35. The summed E-state index contributed by atoms with van der Waals surface area (Å²) in [4.78, 5) is 6.72. The third-order valence-electron chi connectivity index (χ3n) is 5.09. The van der Waals surface area contributed by atoms with Gasteiger partial charge >= 0.3 is 0 Å². The number of halogens is 1. The maximum Gasteiger partial charge on any atom is 0.132 e. The lowest BCUT2D eigenvalue weighted by molar-refractivity contribution is -0.00496. The minimum Gasteiger partial charge on any atom is -0.368 e. The Bertz CT molecular complexity index is 929. The van der Waals surface area contributed by atoms with Crippen molar-refractivity contribution in [2.45, 2.75) is 25.3 Å². The quantitative estimate of drug-likeness (QED) is 0.725. The topological polar surface area (TPSA) is 56.1 Å². The molecular weight excluding hydrogens is 333 g/mol. The van der Waals surface area contributed by atoms with Crippen LogP contribution < -0.4 is 0 Å². The summed E-state index contributed by atoms with van der Waals surface area (Å²) in [6.45, 7) is 2.82. The van der Waals surface area contributed by atoms with E-state index in [1.165, 1.54) is 6.07 Å². The second kappa shape index (κ2) is 6.26. The fourth-order valence-corrected chi connectivity index (χ4v) is 3.84. The molecule has 1 fully saturated rings. The lowest BCUT2D eigenvalue weighted by Crippen LogP contribution is -2.32. The van der Waals surface area contributed by atoms with Crippen LogP contribution in [0.5, 0.6) is 0 Å². The smallest absolute Gasteiger partial charge is 0.132 e. The number of benzene rings is 1. The van der Waals surface area contributed by atoms with Gasteiger partial charge in [0.15, 0.2) is 0 Å². The van der Waals surface area contributed by atoms with Crippen molar-refractivity contribution >= 4 is 0 Å². The molecule has 6 nitrogen and oxygen atoms in total. The molecular formula is C19H18FN5O. The van der Waals surface area contributed by atoms with Crippen molar-refractivity contribution in [2.75, 3.05) is 13.1 Å². The molecule has 1 saturated heterocycles.